The molecule has 5 rings (SSSR count). The summed E-state index contributed by atoms with van der Waals surface area (Å²) in [5.41, 5.74) is -4.63. The van der Waals surface area contributed by atoms with Crippen LogP contribution in [0.25, 0.3) is 0 Å². The molecule has 3 aliphatic heterocycles. The molecule has 1 spiro atoms. The highest BCUT2D eigenvalue weighted by atomic mass is 16.7. The zero-order valence-electron chi connectivity index (χ0n) is 25.3. The Balaban J connectivity index is 1.78. The number of ether oxygens (including phenoxy) is 7. The summed E-state index contributed by atoms with van der Waals surface area (Å²) >= 11 is 0. The smallest absolute Gasteiger partial charge is 0.342 e. The molecule has 0 aromatic rings. The van der Waals surface area contributed by atoms with Gasteiger partial charge in [-0.2, -0.15) is 0 Å². The van der Waals surface area contributed by atoms with Gasteiger partial charge in [-0.25, -0.2) is 4.79 Å². The lowest BCUT2D eigenvalue weighted by molar-refractivity contribution is -0.216. The number of hydrogen-bond donors (Lipinski definition) is 0. The predicted octanol–water partition coefficient (Wildman–Crippen LogP) is 2.48. The van der Waals surface area contributed by atoms with Crippen molar-refractivity contribution >= 4 is 29.8 Å². The quantitative estimate of drug-likeness (QED) is 0.192. The SMILES string of the molecule is CCCC(=O)O[C@H]1CC(OC(C)=O)/C(C)=C\[C@@H]2OC(=O)[C@]3(C)O[C@@]23C(OC(C)=O)[C@H]2[C@@]3(C)O[C@H]3C[C@H](OC(C)=O)[C@]12C. The summed E-state index contributed by atoms with van der Waals surface area (Å²) in [5, 5.41) is 0. The Morgan fingerprint density at radius 1 is 0.929 bits per heavy atom. The fourth-order valence-corrected chi connectivity index (χ4v) is 7.81. The van der Waals surface area contributed by atoms with Crippen LogP contribution in [0.1, 0.15) is 81.1 Å². The van der Waals surface area contributed by atoms with E-state index in [0.29, 0.717) is 12.0 Å². The highest BCUT2D eigenvalue weighted by Crippen LogP contribution is 2.69. The molecule has 42 heavy (non-hydrogen) atoms. The summed E-state index contributed by atoms with van der Waals surface area (Å²) in [6.45, 7) is 12.6. The van der Waals surface area contributed by atoms with E-state index in [9.17, 15) is 24.0 Å². The molecule has 0 N–H and O–H groups in total. The maximum Gasteiger partial charge on any atom is 0.342 e. The second kappa shape index (κ2) is 10.0. The van der Waals surface area contributed by atoms with Gasteiger partial charge in [0.25, 0.3) is 0 Å². The molecule has 11 atom stereocenters. The van der Waals surface area contributed by atoms with E-state index in [4.69, 9.17) is 33.2 Å². The first-order valence-electron chi connectivity index (χ1n) is 14.5. The van der Waals surface area contributed by atoms with Crippen LogP contribution < -0.4 is 0 Å². The van der Waals surface area contributed by atoms with Crippen molar-refractivity contribution in [3.63, 3.8) is 0 Å². The van der Waals surface area contributed by atoms with Crippen molar-refractivity contribution in [3.8, 4) is 0 Å². The van der Waals surface area contributed by atoms with E-state index in [0.717, 1.165) is 0 Å². The minimum atomic E-state index is -1.48. The van der Waals surface area contributed by atoms with Crippen LogP contribution >= 0.6 is 0 Å². The maximum atomic E-state index is 13.2. The van der Waals surface area contributed by atoms with Gasteiger partial charge in [0, 0.05) is 46.0 Å². The molecule has 3 saturated heterocycles. The highest BCUT2D eigenvalue weighted by molar-refractivity contribution is 5.89. The molecule has 2 unspecified atom stereocenters. The van der Waals surface area contributed by atoms with Crippen LogP contribution in [0.15, 0.2) is 11.6 Å². The molecule has 232 valence electrons. The largest absolute Gasteiger partial charge is 0.462 e. The van der Waals surface area contributed by atoms with Crippen molar-refractivity contribution in [2.45, 2.75) is 135 Å². The van der Waals surface area contributed by atoms with Gasteiger partial charge in [0.15, 0.2) is 17.3 Å². The van der Waals surface area contributed by atoms with Crippen LogP contribution in [0.3, 0.4) is 0 Å². The van der Waals surface area contributed by atoms with Crippen molar-refractivity contribution < 1.29 is 57.1 Å². The maximum absolute atomic E-state index is 13.2. The molecule has 4 fully saturated rings. The van der Waals surface area contributed by atoms with Crippen LogP contribution in [0.5, 0.6) is 0 Å². The van der Waals surface area contributed by atoms with Crippen molar-refractivity contribution in [3.05, 3.63) is 11.6 Å². The zero-order chi connectivity index (χ0) is 31.0. The number of hydrogen-bond acceptors (Lipinski definition) is 12. The minimum Gasteiger partial charge on any atom is -0.462 e. The third-order valence-electron chi connectivity index (χ3n) is 9.92. The molecule has 2 aliphatic carbocycles. The van der Waals surface area contributed by atoms with Crippen molar-refractivity contribution in [2.75, 3.05) is 0 Å². The van der Waals surface area contributed by atoms with E-state index >= 15 is 0 Å². The van der Waals surface area contributed by atoms with Gasteiger partial charge in [-0.1, -0.05) is 13.8 Å². The van der Waals surface area contributed by atoms with E-state index < -0.39 is 88.5 Å². The average molecular weight is 593 g/mol. The molecule has 12 nitrogen and oxygen atoms in total. The summed E-state index contributed by atoms with van der Waals surface area (Å²) in [6, 6.07) is 0. The first kappa shape index (κ1) is 30.5. The third-order valence-corrected chi connectivity index (χ3v) is 9.92. The van der Waals surface area contributed by atoms with Crippen LogP contribution in [-0.2, 0) is 57.1 Å². The fraction of sp³-hybridized carbons (Fsp3) is 0.767. The molecule has 0 radical (unpaired) electrons. The number of carbonyl (C=O) groups is 5. The molecule has 12 heteroatoms. The minimum absolute atomic E-state index is 0.00145. The van der Waals surface area contributed by atoms with Gasteiger partial charge in [0.05, 0.1) is 17.1 Å². The average Bonchev–Trinajstić information content (AvgIpc) is 3.70. The summed E-state index contributed by atoms with van der Waals surface area (Å²) in [6.07, 6.45) is -2.70. The van der Waals surface area contributed by atoms with Crippen molar-refractivity contribution in [1.82, 2.24) is 0 Å². The summed E-state index contributed by atoms with van der Waals surface area (Å²) in [7, 11) is 0. The summed E-state index contributed by atoms with van der Waals surface area (Å²) in [4.78, 5) is 63.9. The Bertz CT molecular complexity index is 1240. The lowest BCUT2D eigenvalue weighted by atomic mass is 9.53. The van der Waals surface area contributed by atoms with Gasteiger partial charge in [0.1, 0.15) is 24.4 Å². The van der Waals surface area contributed by atoms with Crippen LogP contribution in [-0.4, -0.2) is 83.3 Å². The Morgan fingerprint density at radius 3 is 2.12 bits per heavy atom. The number of epoxide rings is 2. The van der Waals surface area contributed by atoms with Gasteiger partial charge in [-0.05, 0) is 38.8 Å². The van der Waals surface area contributed by atoms with Gasteiger partial charge >= 0.3 is 29.8 Å². The van der Waals surface area contributed by atoms with Crippen LogP contribution in [0, 0.1) is 11.3 Å². The highest BCUT2D eigenvalue weighted by Gasteiger charge is 2.89. The molecule has 3 heterocycles. The normalized spacial score (nSPS) is 46.1. The Labute approximate surface area is 244 Å². The Morgan fingerprint density at radius 2 is 1.55 bits per heavy atom. The fourth-order valence-electron chi connectivity index (χ4n) is 7.81. The summed E-state index contributed by atoms with van der Waals surface area (Å²) in [5.74, 6) is -3.68. The number of rotatable bonds is 6. The third kappa shape index (κ3) is 4.44. The van der Waals surface area contributed by atoms with Gasteiger partial charge < -0.3 is 33.2 Å². The van der Waals surface area contributed by atoms with Crippen LogP contribution in [0.4, 0.5) is 0 Å². The molecular weight excluding hydrogens is 552 g/mol. The molecule has 0 bridgehead atoms. The first-order valence-corrected chi connectivity index (χ1v) is 14.5. The Hall–Kier alpha value is -2.99. The van der Waals surface area contributed by atoms with E-state index in [1.54, 1.807) is 19.9 Å². The van der Waals surface area contributed by atoms with Crippen molar-refractivity contribution in [2.24, 2.45) is 11.3 Å². The van der Waals surface area contributed by atoms with E-state index in [1.165, 1.54) is 20.8 Å². The number of fused-ring (bicyclic) bond motifs is 3. The van der Waals surface area contributed by atoms with Gasteiger partial charge in [-0.3, -0.25) is 19.2 Å². The van der Waals surface area contributed by atoms with E-state index in [-0.39, 0.29) is 25.4 Å². The number of esters is 5. The molecular formula is C30H40O12. The van der Waals surface area contributed by atoms with E-state index in [2.05, 4.69) is 0 Å². The number of carbonyl (C=O) groups excluding carboxylic acids is 5. The van der Waals surface area contributed by atoms with Gasteiger partial charge in [-0.15, -0.1) is 0 Å². The Kier molecular flexibility index (Phi) is 7.28. The summed E-state index contributed by atoms with van der Waals surface area (Å²) < 4.78 is 42.3. The topological polar surface area (TPSA) is 157 Å². The predicted molar refractivity (Wildman–Crippen MR) is 141 cm³/mol. The second-order valence-corrected chi connectivity index (χ2v) is 12.7. The molecule has 1 saturated carbocycles. The van der Waals surface area contributed by atoms with Gasteiger partial charge in [0.2, 0.25) is 0 Å². The second-order valence-electron chi connectivity index (χ2n) is 12.7. The van der Waals surface area contributed by atoms with E-state index in [1.807, 2.05) is 20.8 Å². The molecule has 0 amide bonds. The lowest BCUT2D eigenvalue weighted by Gasteiger charge is -2.54. The monoisotopic (exact) mass is 592 g/mol. The molecule has 0 aromatic carbocycles. The molecule has 0 aromatic heterocycles. The standard InChI is InChI=1S/C30H40O12/c1-9-10-23(34)39-19-12-18(36-15(3)31)14(2)11-22-30(29(8,42-30)26(35)40-22)25(38-17(5)33)24-27(19,6)20(37-16(4)32)13-21-28(24,7)41-21/h11,18-22,24-25H,9-10,12-13H2,1-8H3/b14-11-/t18?,19-,20-,21-,22-,24+,25?,27-,28-,29-,30+/m0/s1. The zero-order valence-corrected chi connectivity index (χ0v) is 25.3. The molecule has 5 aliphatic rings. The van der Waals surface area contributed by atoms with Crippen LogP contribution in [0.2, 0.25) is 0 Å². The van der Waals surface area contributed by atoms with Crippen molar-refractivity contribution in [1.29, 1.82) is 0 Å². The first-order chi connectivity index (χ1) is 19.5. The lowest BCUT2D eigenvalue weighted by Crippen LogP contribution is -2.66.